The topological polar surface area (TPSA) is 95.9 Å². The van der Waals surface area contributed by atoms with E-state index < -0.39 is 36.9 Å². The molecule has 3 rings (SSSR count). The zero-order chi connectivity index (χ0) is 24.0. The Hall–Kier alpha value is -3.49. The normalized spacial score (nSPS) is 13.2. The lowest BCUT2D eigenvalue weighted by atomic mass is 9.98. The third-order valence-corrected chi connectivity index (χ3v) is 5.66. The molecule has 33 heavy (non-hydrogen) atoms. The van der Waals surface area contributed by atoms with Gasteiger partial charge in [0.2, 0.25) is 5.91 Å². The lowest BCUT2D eigenvalue weighted by Gasteiger charge is -2.22. The quantitative estimate of drug-likeness (QED) is 0.561. The first-order chi connectivity index (χ1) is 15.8. The number of carbonyl (C=O) groups is 3. The average Bonchev–Trinajstić information content (AvgIpc) is 3.10. The number of hydrogen-bond acceptors (Lipinski definition) is 4. The molecule has 0 radical (unpaired) electrons. The van der Waals surface area contributed by atoms with Crippen molar-refractivity contribution < 1.29 is 33.0 Å². The van der Waals surface area contributed by atoms with Crippen LogP contribution in [-0.2, 0) is 14.3 Å². The minimum Gasteiger partial charge on any atom is -0.481 e. The van der Waals surface area contributed by atoms with Crippen molar-refractivity contribution in [3.8, 4) is 11.1 Å². The molecule has 1 unspecified atom stereocenters. The molecule has 2 amide bonds. The number of alkyl halides is 2. The molecule has 0 heterocycles. The molecule has 0 spiro atoms. The number of rotatable bonds is 10. The van der Waals surface area contributed by atoms with Crippen molar-refractivity contribution in [3.63, 3.8) is 0 Å². The number of nitrogens with zero attached hydrogens (tertiary/aromatic N) is 1. The second-order valence-corrected chi connectivity index (χ2v) is 7.93. The van der Waals surface area contributed by atoms with E-state index in [-0.39, 0.29) is 31.9 Å². The molecule has 7 nitrogen and oxygen atoms in total. The minimum absolute atomic E-state index is 0.0289. The van der Waals surface area contributed by atoms with Crippen LogP contribution in [0, 0.1) is 0 Å². The van der Waals surface area contributed by atoms with Gasteiger partial charge >= 0.3 is 12.1 Å². The molecule has 176 valence electrons. The molecule has 2 aromatic rings. The largest absolute Gasteiger partial charge is 0.481 e. The fraction of sp³-hybridized carbons (Fsp3) is 0.375. The molecule has 1 atom stereocenters. The van der Waals surface area contributed by atoms with Crippen LogP contribution < -0.4 is 5.32 Å². The molecule has 2 N–H and O–H groups in total. The molecule has 0 saturated carbocycles. The highest BCUT2D eigenvalue weighted by Gasteiger charge is 2.31. The Labute approximate surface area is 190 Å². The van der Waals surface area contributed by atoms with Gasteiger partial charge in [-0.25, -0.2) is 13.6 Å². The first kappa shape index (κ1) is 24.2. The summed E-state index contributed by atoms with van der Waals surface area (Å²) in [6.45, 7) is 0.0882. The number of carboxylic acid groups (broad SMARTS) is 1. The minimum atomic E-state index is -2.97. The smallest absolute Gasteiger partial charge is 0.407 e. The maximum Gasteiger partial charge on any atom is 0.407 e. The second kappa shape index (κ2) is 10.9. The Morgan fingerprint density at radius 1 is 1.06 bits per heavy atom. The monoisotopic (exact) mass is 460 g/mol. The molecule has 0 bridgehead atoms. The standard InChI is InChI=1S/C24H26F2N2O5/c1-28(12-6-11-22(30)31)21(29)13-20(23(25)26)27-24(32)33-14-19-17-9-4-2-7-15(17)16-8-3-5-10-18(16)19/h2-5,7-10,19-20,23H,6,11-14H2,1H3,(H,27,32)(H,30,31). The van der Waals surface area contributed by atoms with Crippen LogP contribution in [0.15, 0.2) is 48.5 Å². The number of nitrogens with one attached hydrogen (secondary N) is 1. The number of fused-ring (bicyclic) bond motifs is 3. The van der Waals surface area contributed by atoms with E-state index in [0.717, 1.165) is 22.3 Å². The van der Waals surface area contributed by atoms with E-state index in [1.807, 2.05) is 48.5 Å². The number of halogens is 2. The van der Waals surface area contributed by atoms with Crippen LogP contribution in [0.5, 0.6) is 0 Å². The van der Waals surface area contributed by atoms with Crippen molar-refractivity contribution >= 4 is 18.0 Å². The van der Waals surface area contributed by atoms with Crippen molar-refractivity contribution in [2.24, 2.45) is 0 Å². The molecule has 1 aliphatic carbocycles. The second-order valence-electron chi connectivity index (χ2n) is 7.93. The number of hydrogen-bond donors (Lipinski definition) is 2. The molecule has 9 heteroatoms. The highest BCUT2D eigenvalue weighted by molar-refractivity contribution is 5.79. The number of ether oxygens (including phenoxy) is 1. The van der Waals surface area contributed by atoms with Gasteiger partial charge in [-0.15, -0.1) is 0 Å². The van der Waals surface area contributed by atoms with Crippen LogP contribution in [0.1, 0.15) is 36.3 Å². The van der Waals surface area contributed by atoms with Crippen LogP contribution in [0.4, 0.5) is 13.6 Å². The van der Waals surface area contributed by atoms with Crippen molar-refractivity contribution in [1.82, 2.24) is 10.2 Å². The van der Waals surface area contributed by atoms with Gasteiger partial charge in [0, 0.05) is 25.9 Å². The molecule has 0 aromatic heterocycles. The van der Waals surface area contributed by atoms with Gasteiger partial charge in [0.1, 0.15) is 12.6 Å². The summed E-state index contributed by atoms with van der Waals surface area (Å²) < 4.78 is 32.2. The fourth-order valence-electron chi connectivity index (χ4n) is 3.93. The Bertz CT molecular complexity index is 968. The lowest BCUT2D eigenvalue weighted by Crippen LogP contribution is -2.44. The number of amides is 2. The van der Waals surface area contributed by atoms with Crippen LogP contribution in [0.3, 0.4) is 0 Å². The maximum absolute atomic E-state index is 13.5. The number of alkyl carbamates (subject to hydrolysis) is 1. The third kappa shape index (κ3) is 6.06. The predicted octanol–water partition coefficient (Wildman–Crippen LogP) is 3.87. The molecule has 2 aromatic carbocycles. The first-order valence-corrected chi connectivity index (χ1v) is 10.6. The Morgan fingerprint density at radius 3 is 2.18 bits per heavy atom. The summed E-state index contributed by atoms with van der Waals surface area (Å²) in [7, 11) is 1.40. The zero-order valence-electron chi connectivity index (χ0n) is 18.2. The van der Waals surface area contributed by atoms with E-state index in [4.69, 9.17) is 9.84 Å². The van der Waals surface area contributed by atoms with Gasteiger partial charge < -0.3 is 20.1 Å². The van der Waals surface area contributed by atoms with Crippen LogP contribution in [-0.4, -0.2) is 60.6 Å². The molecule has 0 saturated heterocycles. The maximum atomic E-state index is 13.5. The van der Waals surface area contributed by atoms with Gasteiger partial charge in [0.15, 0.2) is 0 Å². The van der Waals surface area contributed by atoms with E-state index in [9.17, 15) is 23.2 Å². The van der Waals surface area contributed by atoms with Gasteiger partial charge in [0.05, 0.1) is 6.42 Å². The molecular formula is C24H26F2N2O5. The molecule has 1 aliphatic rings. The number of benzene rings is 2. The predicted molar refractivity (Wildman–Crippen MR) is 117 cm³/mol. The van der Waals surface area contributed by atoms with E-state index in [1.165, 1.54) is 11.9 Å². The summed E-state index contributed by atoms with van der Waals surface area (Å²) in [6, 6.07) is 13.8. The van der Waals surface area contributed by atoms with Crippen molar-refractivity contribution in [1.29, 1.82) is 0 Å². The van der Waals surface area contributed by atoms with Crippen molar-refractivity contribution in [2.75, 3.05) is 20.2 Å². The fourth-order valence-corrected chi connectivity index (χ4v) is 3.93. The van der Waals surface area contributed by atoms with Crippen LogP contribution in [0.2, 0.25) is 0 Å². The van der Waals surface area contributed by atoms with E-state index >= 15 is 0 Å². The summed E-state index contributed by atoms with van der Waals surface area (Å²) in [5.41, 5.74) is 4.08. The Balaban J connectivity index is 1.56. The summed E-state index contributed by atoms with van der Waals surface area (Å²) in [6.07, 6.45) is -4.54. The number of aliphatic carboxylic acids is 1. The van der Waals surface area contributed by atoms with Gasteiger partial charge in [-0.3, -0.25) is 9.59 Å². The molecule has 0 fully saturated rings. The SMILES string of the molecule is CN(CCCC(=O)O)C(=O)CC(NC(=O)OCC1c2ccccc2-c2ccccc21)C(F)F. The van der Waals surface area contributed by atoms with Crippen molar-refractivity contribution in [3.05, 3.63) is 59.7 Å². The highest BCUT2D eigenvalue weighted by atomic mass is 19.3. The number of carboxylic acids is 1. The van der Waals surface area contributed by atoms with Gasteiger partial charge in [-0.1, -0.05) is 48.5 Å². The lowest BCUT2D eigenvalue weighted by molar-refractivity contribution is -0.138. The summed E-state index contributed by atoms with van der Waals surface area (Å²) in [5, 5.41) is 10.8. The van der Waals surface area contributed by atoms with E-state index in [0.29, 0.717) is 0 Å². The highest BCUT2D eigenvalue weighted by Crippen LogP contribution is 2.44. The Kier molecular flexibility index (Phi) is 7.97. The van der Waals surface area contributed by atoms with Crippen molar-refractivity contribution in [2.45, 2.75) is 37.6 Å². The summed E-state index contributed by atoms with van der Waals surface area (Å²) in [5.74, 6) is -1.84. The third-order valence-electron chi connectivity index (χ3n) is 5.66. The summed E-state index contributed by atoms with van der Waals surface area (Å²) >= 11 is 0. The summed E-state index contributed by atoms with van der Waals surface area (Å²) in [4.78, 5) is 36.2. The van der Waals surface area contributed by atoms with E-state index in [1.54, 1.807) is 0 Å². The first-order valence-electron chi connectivity index (χ1n) is 10.6. The number of carbonyl (C=O) groups excluding carboxylic acids is 2. The Morgan fingerprint density at radius 2 is 1.64 bits per heavy atom. The average molecular weight is 460 g/mol. The molecular weight excluding hydrogens is 434 g/mol. The van der Waals surface area contributed by atoms with Crippen LogP contribution >= 0.6 is 0 Å². The van der Waals surface area contributed by atoms with Gasteiger partial charge in [0.25, 0.3) is 6.43 Å². The zero-order valence-corrected chi connectivity index (χ0v) is 18.2. The van der Waals surface area contributed by atoms with Crippen LogP contribution in [0.25, 0.3) is 11.1 Å². The van der Waals surface area contributed by atoms with E-state index in [2.05, 4.69) is 5.32 Å². The van der Waals surface area contributed by atoms with Gasteiger partial charge in [-0.2, -0.15) is 0 Å². The van der Waals surface area contributed by atoms with Gasteiger partial charge in [-0.05, 0) is 28.7 Å². The molecule has 0 aliphatic heterocycles.